The van der Waals surface area contributed by atoms with Gasteiger partial charge < -0.3 is 20.5 Å². The molecule has 1 saturated heterocycles. The number of amides is 1. The molecule has 1 saturated carbocycles. The number of nitrogens with zero attached hydrogens (tertiary/aromatic N) is 3. The predicted molar refractivity (Wildman–Crippen MR) is 142 cm³/mol. The molecule has 1 amide bonds. The van der Waals surface area contributed by atoms with Crippen molar-refractivity contribution in [1.82, 2.24) is 25.2 Å². The second-order valence-corrected chi connectivity index (χ2v) is 10.4. The summed E-state index contributed by atoms with van der Waals surface area (Å²) >= 11 is 6.41. The lowest BCUT2D eigenvalue weighted by molar-refractivity contribution is -0.127. The third kappa shape index (κ3) is 5.78. The van der Waals surface area contributed by atoms with Gasteiger partial charge in [0, 0.05) is 41.3 Å². The van der Waals surface area contributed by atoms with Crippen molar-refractivity contribution in [3.05, 3.63) is 41.8 Å². The van der Waals surface area contributed by atoms with E-state index in [0.717, 1.165) is 86.1 Å². The molecule has 0 bridgehead atoms. The fraction of sp³-hybridized carbons (Fsp3) is 0.519. The van der Waals surface area contributed by atoms with E-state index in [4.69, 9.17) is 11.6 Å². The Morgan fingerprint density at radius 3 is 2.86 bits per heavy atom. The van der Waals surface area contributed by atoms with Gasteiger partial charge in [-0.05, 0) is 94.4 Å². The number of anilines is 1. The van der Waals surface area contributed by atoms with Crippen molar-refractivity contribution in [2.75, 3.05) is 25.0 Å². The van der Waals surface area contributed by atoms with Crippen LogP contribution < -0.4 is 10.6 Å². The largest absolute Gasteiger partial charge is 0.367 e. The lowest BCUT2D eigenvalue weighted by Crippen LogP contribution is -2.46. The molecule has 2 atom stereocenters. The Hall–Kier alpha value is -2.64. The maximum Gasteiger partial charge on any atom is 0.223 e. The molecule has 2 unspecified atom stereocenters. The van der Waals surface area contributed by atoms with Crippen LogP contribution in [0.4, 0.5) is 5.82 Å². The molecule has 3 aromatic rings. The molecule has 8 heteroatoms. The van der Waals surface area contributed by atoms with E-state index < -0.39 is 0 Å². The first kappa shape index (κ1) is 24.1. The predicted octanol–water partition coefficient (Wildman–Crippen LogP) is 5.24. The zero-order chi connectivity index (χ0) is 24.2. The lowest BCUT2D eigenvalue weighted by Gasteiger charge is -2.34. The van der Waals surface area contributed by atoms with Crippen LogP contribution >= 0.6 is 11.6 Å². The summed E-state index contributed by atoms with van der Waals surface area (Å²) in [5.41, 5.74) is 2.91. The van der Waals surface area contributed by atoms with E-state index in [0.29, 0.717) is 5.15 Å². The van der Waals surface area contributed by atoms with Crippen LogP contribution in [-0.2, 0) is 4.79 Å². The van der Waals surface area contributed by atoms with E-state index in [1.165, 1.54) is 6.42 Å². The minimum Gasteiger partial charge on any atom is -0.367 e. The first-order valence-corrected chi connectivity index (χ1v) is 13.4. The zero-order valence-corrected chi connectivity index (χ0v) is 21.2. The molecule has 35 heavy (non-hydrogen) atoms. The number of nitrogens with one attached hydrogen (secondary N) is 3. The number of halogens is 1. The summed E-state index contributed by atoms with van der Waals surface area (Å²) in [4.78, 5) is 27.6. The van der Waals surface area contributed by atoms with E-state index >= 15 is 0 Å². The van der Waals surface area contributed by atoms with Crippen molar-refractivity contribution in [2.24, 2.45) is 5.92 Å². The van der Waals surface area contributed by atoms with Gasteiger partial charge >= 0.3 is 0 Å². The van der Waals surface area contributed by atoms with Gasteiger partial charge in [-0.1, -0.05) is 18.5 Å². The fourth-order valence-corrected chi connectivity index (χ4v) is 5.84. The Kier molecular flexibility index (Phi) is 7.54. The normalized spacial score (nSPS) is 21.8. The third-order valence-corrected chi connectivity index (χ3v) is 7.62. The van der Waals surface area contributed by atoms with Gasteiger partial charge in [-0.3, -0.25) is 4.79 Å². The zero-order valence-electron chi connectivity index (χ0n) is 20.4. The highest BCUT2D eigenvalue weighted by Crippen LogP contribution is 2.31. The Bertz CT molecular complexity index is 1160. The summed E-state index contributed by atoms with van der Waals surface area (Å²) in [5, 5.41) is 8.47. The Morgan fingerprint density at radius 1 is 1.20 bits per heavy atom. The van der Waals surface area contributed by atoms with Crippen molar-refractivity contribution in [3.63, 3.8) is 0 Å². The van der Waals surface area contributed by atoms with Gasteiger partial charge in [0.15, 0.2) is 0 Å². The molecule has 4 heterocycles. The van der Waals surface area contributed by atoms with Gasteiger partial charge in [0.1, 0.15) is 16.6 Å². The number of aromatic amines is 1. The van der Waals surface area contributed by atoms with E-state index in [1.54, 1.807) is 6.20 Å². The van der Waals surface area contributed by atoms with Crippen molar-refractivity contribution < 1.29 is 4.79 Å². The second kappa shape index (κ2) is 11.0. The number of H-pyrrole nitrogens is 1. The monoisotopic (exact) mass is 494 g/mol. The maximum atomic E-state index is 12.9. The molecule has 1 aliphatic carbocycles. The fourth-order valence-electron chi connectivity index (χ4n) is 5.64. The van der Waals surface area contributed by atoms with Gasteiger partial charge in [0.05, 0.1) is 0 Å². The Labute approximate surface area is 212 Å². The molecular formula is C27H35ClN6O. The number of carbonyl (C=O) groups excluding carboxylic acids is 1. The molecule has 3 N–H and O–H groups in total. The quantitative estimate of drug-likeness (QED) is 0.391. The molecular weight excluding hydrogens is 460 g/mol. The van der Waals surface area contributed by atoms with E-state index in [9.17, 15) is 4.79 Å². The van der Waals surface area contributed by atoms with Crippen molar-refractivity contribution in [1.29, 1.82) is 0 Å². The number of piperidine rings is 1. The van der Waals surface area contributed by atoms with Crippen molar-refractivity contribution >= 4 is 34.4 Å². The minimum absolute atomic E-state index is 0.152. The van der Waals surface area contributed by atoms with Gasteiger partial charge in [0.25, 0.3) is 0 Å². The summed E-state index contributed by atoms with van der Waals surface area (Å²) in [5.74, 6) is 1.16. The van der Waals surface area contributed by atoms with Gasteiger partial charge in [-0.25, -0.2) is 9.97 Å². The number of fused-ring (bicyclic) bond motifs is 1. The molecule has 3 aromatic heterocycles. The van der Waals surface area contributed by atoms with Gasteiger partial charge in [-0.15, -0.1) is 0 Å². The SMILES string of the molecule is CCCN1CCC(C(=O)NC2CCCC(Nc3cc(-c4c[nH]c5ncccc45)cc(Cl)n3)C2)CC1. The number of pyridine rings is 2. The van der Waals surface area contributed by atoms with Crippen LogP contribution in [0.1, 0.15) is 51.9 Å². The number of rotatable bonds is 7. The molecule has 7 nitrogen and oxygen atoms in total. The average Bonchev–Trinajstić information content (AvgIpc) is 3.29. The number of hydrogen-bond donors (Lipinski definition) is 3. The van der Waals surface area contributed by atoms with E-state index in [2.05, 4.69) is 43.5 Å². The standard InChI is InChI=1S/C27H35ClN6O/c1-2-11-34-12-8-18(9-13-34)27(35)32-21-6-3-5-20(16-21)31-25-15-19(14-24(28)33-25)23-17-30-26-22(23)7-4-10-29-26/h4,7,10,14-15,17-18,20-21H,2-3,5-6,8-9,11-13,16H2,1H3,(H,29,30)(H,31,33)(H,32,35). The highest BCUT2D eigenvalue weighted by atomic mass is 35.5. The highest BCUT2D eigenvalue weighted by molar-refractivity contribution is 6.29. The van der Waals surface area contributed by atoms with Crippen LogP contribution in [0.15, 0.2) is 36.7 Å². The third-order valence-electron chi connectivity index (χ3n) is 7.43. The van der Waals surface area contributed by atoms with Crippen LogP contribution in [0, 0.1) is 5.92 Å². The molecule has 2 fully saturated rings. The molecule has 1 aliphatic heterocycles. The topological polar surface area (TPSA) is 85.9 Å². The van der Waals surface area contributed by atoms with E-state index in [-0.39, 0.29) is 23.9 Å². The molecule has 5 rings (SSSR count). The van der Waals surface area contributed by atoms with Crippen molar-refractivity contribution in [2.45, 2.75) is 64.0 Å². The summed E-state index contributed by atoms with van der Waals surface area (Å²) < 4.78 is 0. The van der Waals surface area contributed by atoms with Gasteiger partial charge in [0.2, 0.25) is 5.91 Å². The smallest absolute Gasteiger partial charge is 0.223 e. The summed E-state index contributed by atoms with van der Waals surface area (Å²) in [6, 6.07) is 8.39. The number of hydrogen-bond acceptors (Lipinski definition) is 5. The molecule has 2 aliphatic rings. The van der Waals surface area contributed by atoms with Crippen molar-refractivity contribution in [3.8, 4) is 11.1 Å². The van der Waals surface area contributed by atoms with Crippen LogP contribution in [0.2, 0.25) is 5.15 Å². The number of carbonyl (C=O) groups is 1. The minimum atomic E-state index is 0.152. The first-order chi connectivity index (χ1) is 17.1. The van der Waals surface area contributed by atoms with E-state index in [1.807, 2.05) is 24.4 Å². The van der Waals surface area contributed by atoms with Crippen LogP contribution in [0.25, 0.3) is 22.2 Å². The summed E-state index contributed by atoms with van der Waals surface area (Å²) in [7, 11) is 0. The average molecular weight is 495 g/mol. The first-order valence-electron chi connectivity index (χ1n) is 13.0. The summed E-state index contributed by atoms with van der Waals surface area (Å²) in [6.45, 7) is 5.43. The molecule has 0 spiro atoms. The lowest BCUT2D eigenvalue weighted by atomic mass is 9.89. The Morgan fingerprint density at radius 2 is 2.03 bits per heavy atom. The number of likely N-dealkylation sites (tertiary alicyclic amines) is 1. The highest BCUT2D eigenvalue weighted by Gasteiger charge is 2.29. The van der Waals surface area contributed by atoms with Crippen LogP contribution in [0.5, 0.6) is 0 Å². The van der Waals surface area contributed by atoms with Crippen LogP contribution in [0.3, 0.4) is 0 Å². The number of aromatic nitrogens is 3. The second-order valence-electron chi connectivity index (χ2n) is 9.99. The molecule has 0 aromatic carbocycles. The maximum absolute atomic E-state index is 12.9. The van der Waals surface area contributed by atoms with Gasteiger partial charge in [-0.2, -0.15) is 0 Å². The molecule has 0 radical (unpaired) electrons. The summed E-state index contributed by atoms with van der Waals surface area (Å²) in [6.07, 6.45) is 10.9. The van der Waals surface area contributed by atoms with Crippen LogP contribution in [-0.4, -0.2) is 57.5 Å². The molecule has 186 valence electrons. The Balaban J connectivity index is 1.20.